The van der Waals surface area contributed by atoms with Gasteiger partial charge in [0.25, 0.3) is 5.91 Å². The van der Waals surface area contributed by atoms with Gasteiger partial charge in [0.1, 0.15) is 5.75 Å². The molecule has 0 bridgehead atoms. The topological polar surface area (TPSA) is 96.9 Å². The van der Waals surface area contributed by atoms with Crippen LogP contribution in [0.15, 0.2) is 64.2 Å². The highest BCUT2D eigenvalue weighted by atomic mass is 79.9. The molecule has 7 nitrogen and oxygen atoms in total. The Labute approximate surface area is 234 Å². The van der Waals surface area contributed by atoms with Gasteiger partial charge in [-0.05, 0) is 36.3 Å². The summed E-state index contributed by atoms with van der Waals surface area (Å²) in [6.07, 6.45) is 15.5. The van der Waals surface area contributed by atoms with Gasteiger partial charge in [-0.15, -0.1) is 0 Å². The molecule has 0 saturated carbocycles. The van der Waals surface area contributed by atoms with Gasteiger partial charge in [0.15, 0.2) is 0 Å². The number of rotatable bonds is 17. The Kier molecular flexibility index (Phi) is 15.4. The zero-order valence-corrected chi connectivity index (χ0v) is 23.7. The van der Waals surface area contributed by atoms with Crippen LogP contribution in [0.5, 0.6) is 5.75 Å². The molecule has 0 atom stereocenters. The minimum atomic E-state index is -0.537. The van der Waals surface area contributed by atoms with Crippen LogP contribution in [0.2, 0.25) is 0 Å². The lowest BCUT2D eigenvalue weighted by Crippen LogP contribution is -2.34. The summed E-state index contributed by atoms with van der Waals surface area (Å²) >= 11 is 3.38. The van der Waals surface area contributed by atoms with E-state index in [0.717, 1.165) is 29.3 Å². The van der Waals surface area contributed by atoms with E-state index < -0.39 is 11.9 Å². The molecular weight excluding hydrogens is 546 g/mol. The van der Waals surface area contributed by atoms with Gasteiger partial charge in [-0.2, -0.15) is 5.10 Å². The van der Waals surface area contributed by atoms with Gasteiger partial charge in [-0.1, -0.05) is 105 Å². The summed E-state index contributed by atoms with van der Waals surface area (Å²) in [5.74, 6) is -0.828. The first-order chi connectivity index (χ1) is 18.5. The Bertz CT molecular complexity index is 1070. The first kappa shape index (κ1) is 31.0. The third-order valence-electron chi connectivity index (χ3n) is 5.74. The lowest BCUT2D eigenvalue weighted by molar-refractivity contribution is -0.129. The number of amides is 2. The maximum atomic E-state index is 12.3. The number of benzene rings is 2. The second kappa shape index (κ2) is 18.9. The number of hydrogen-bond acceptors (Lipinski definition) is 5. The Morgan fingerprint density at radius 3 is 2.29 bits per heavy atom. The quantitative estimate of drug-likeness (QED) is 0.0550. The number of nitrogens with zero attached hydrogens (tertiary/aromatic N) is 1. The molecule has 0 unspecified atom stereocenters. The van der Waals surface area contributed by atoms with Crippen LogP contribution in [-0.4, -0.2) is 30.5 Å². The Morgan fingerprint density at radius 2 is 1.58 bits per heavy atom. The van der Waals surface area contributed by atoms with E-state index in [2.05, 4.69) is 38.7 Å². The van der Waals surface area contributed by atoms with Gasteiger partial charge in [0, 0.05) is 22.5 Å². The molecule has 38 heavy (non-hydrogen) atoms. The normalized spacial score (nSPS) is 11.1. The third-order valence-corrected chi connectivity index (χ3v) is 6.23. The predicted octanol–water partition coefficient (Wildman–Crippen LogP) is 6.56. The third kappa shape index (κ3) is 13.9. The molecule has 204 valence electrons. The van der Waals surface area contributed by atoms with E-state index in [0.29, 0.717) is 17.7 Å². The fraction of sp³-hybridized carbons (Fsp3) is 0.400. The first-order valence-electron chi connectivity index (χ1n) is 13.3. The van der Waals surface area contributed by atoms with Crippen molar-refractivity contribution in [3.63, 3.8) is 0 Å². The molecule has 2 aromatic carbocycles. The van der Waals surface area contributed by atoms with Crippen LogP contribution >= 0.6 is 15.9 Å². The minimum Gasteiger partial charge on any atom is -0.423 e. The molecular formula is C30H38BrN3O4. The highest BCUT2D eigenvalue weighted by Gasteiger charge is 2.08. The molecule has 0 aliphatic heterocycles. The number of carbonyl (C=O) groups is 3. The number of hydrogen-bond donors (Lipinski definition) is 2. The Hall–Kier alpha value is -3.26. The largest absolute Gasteiger partial charge is 0.423 e. The fourth-order valence-electron chi connectivity index (χ4n) is 3.66. The predicted molar refractivity (Wildman–Crippen MR) is 156 cm³/mol. The van der Waals surface area contributed by atoms with Gasteiger partial charge in [-0.25, -0.2) is 10.2 Å². The van der Waals surface area contributed by atoms with E-state index in [1.54, 1.807) is 24.3 Å². The van der Waals surface area contributed by atoms with Crippen molar-refractivity contribution in [3.8, 4) is 5.75 Å². The SMILES string of the molecule is CCCCCCCCCCCC(=O)NCC(=O)N/N=C\c1cc(Br)ccc1OC(=O)/C=C/c1ccccc1. The van der Waals surface area contributed by atoms with Crippen LogP contribution in [0, 0.1) is 0 Å². The smallest absolute Gasteiger partial charge is 0.336 e. The van der Waals surface area contributed by atoms with Gasteiger partial charge >= 0.3 is 5.97 Å². The summed E-state index contributed by atoms with van der Waals surface area (Å²) in [5.41, 5.74) is 3.76. The van der Waals surface area contributed by atoms with Crippen molar-refractivity contribution < 1.29 is 19.1 Å². The molecule has 2 aromatic rings. The molecule has 0 spiro atoms. The van der Waals surface area contributed by atoms with Gasteiger partial charge < -0.3 is 10.1 Å². The molecule has 2 N–H and O–H groups in total. The molecule has 0 fully saturated rings. The van der Waals surface area contributed by atoms with Crippen LogP contribution in [0.4, 0.5) is 0 Å². The zero-order chi connectivity index (χ0) is 27.4. The summed E-state index contributed by atoms with van der Waals surface area (Å²) in [6, 6.07) is 14.5. The summed E-state index contributed by atoms with van der Waals surface area (Å²) in [7, 11) is 0. The second-order valence-corrected chi connectivity index (χ2v) is 9.91. The molecule has 2 rings (SSSR count). The molecule has 8 heteroatoms. The highest BCUT2D eigenvalue weighted by Crippen LogP contribution is 2.22. The number of hydrazone groups is 1. The number of halogens is 1. The van der Waals surface area contributed by atoms with E-state index in [1.165, 1.54) is 50.8 Å². The van der Waals surface area contributed by atoms with E-state index in [9.17, 15) is 14.4 Å². The van der Waals surface area contributed by atoms with Crippen LogP contribution in [0.1, 0.15) is 82.3 Å². The molecule has 0 aromatic heterocycles. The van der Waals surface area contributed by atoms with Crippen LogP contribution < -0.4 is 15.5 Å². The van der Waals surface area contributed by atoms with Gasteiger partial charge in [0.2, 0.25) is 5.91 Å². The molecule has 2 amide bonds. The number of carbonyl (C=O) groups excluding carboxylic acids is 3. The number of unbranched alkanes of at least 4 members (excludes halogenated alkanes) is 8. The van der Waals surface area contributed by atoms with Crippen molar-refractivity contribution in [2.24, 2.45) is 5.10 Å². The van der Waals surface area contributed by atoms with Crippen LogP contribution in [0.25, 0.3) is 6.08 Å². The molecule has 0 saturated heterocycles. The lowest BCUT2D eigenvalue weighted by Gasteiger charge is -2.07. The Morgan fingerprint density at radius 1 is 0.895 bits per heavy atom. The summed E-state index contributed by atoms with van der Waals surface area (Å²) in [6.45, 7) is 2.06. The highest BCUT2D eigenvalue weighted by molar-refractivity contribution is 9.10. The summed E-state index contributed by atoms with van der Waals surface area (Å²) < 4.78 is 6.19. The summed E-state index contributed by atoms with van der Waals surface area (Å²) in [5, 5.41) is 6.56. The second-order valence-electron chi connectivity index (χ2n) is 9.00. The van der Waals surface area contributed by atoms with Crippen LogP contribution in [0.3, 0.4) is 0 Å². The van der Waals surface area contributed by atoms with Crippen molar-refractivity contribution in [3.05, 3.63) is 70.2 Å². The lowest BCUT2D eigenvalue weighted by atomic mass is 10.1. The van der Waals surface area contributed by atoms with Crippen molar-refractivity contribution in [2.45, 2.75) is 71.1 Å². The van der Waals surface area contributed by atoms with E-state index >= 15 is 0 Å². The average Bonchev–Trinajstić information content (AvgIpc) is 2.92. The van der Waals surface area contributed by atoms with Gasteiger partial charge in [-0.3, -0.25) is 9.59 Å². The monoisotopic (exact) mass is 583 g/mol. The van der Waals surface area contributed by atoms with Crippen LogP contribution in [-0.2, 0) is 14.4 Å². The van der Waals surface area contributed by atoms with Gasteiger partial charge in [0.05, 0.1) is 12.8 Å². The number of nitrogens with one attached hydrogen (secondary N) is 2. The maximum Gasteiger partial charge on any atom is 0.336 e. The zero-order valence-electron chi connectivity index (χ0n) is 22.1. The van der Waals surface area contributed by atoms with Crippen molar-refractivity contribution in [1.29, 1.82) is 0 Å². The number of esters is 1. The van der Waals surface area contributed by atoms with E-state index in [4.69, 9.17) is 4.74 Å². The molecule has 0 radical (unpaired) electrons. The van der Waals surface area contributed by atoms with E-state index in [-0.39, 0.29) is 12.5 Å². The fourth-order valence-corrected chi connectivity index (χ4v) is 4.04. The number of ether oxygens (including phenoxy) is 1. The van der Waals surface area contributed by atoms with Crippen molar-refractivity contribution in [1.82, 2.24) is 10.7 Å². The Balaban J connectivity index is 1.70. The molecule has 0 aliphatic carbocycles. The standard InChI is InChI=1S/C30H38BrN3O4/c1-2-3-4-5-6-7-8-9-13-16-28(35)32-23-29(36)34-33-22-25-21-26(31)18-19-27(25)38-30(37)20-17-24-14-11-10-12-15-24/h10-12,14-15,17-22H,2-9,13,16,23H2,1H3,(H,32,35)(H,34,36)/b20-17+,33-22-. The van der Waals surface area contributed by atoms with Crippen molar-refractivity contribution in [2.75, 3.05) is 6.54 Å². The molecule has 0 heterocycles. The van der Waals surface area contributed by atoms with E-state index in [1.807, 2.05) is 30.3 Å². The van der Waals surface area contributed by atoms with Crippen molar-refractivity contribution >= 4 is 46.0 Å². The maximum absolute atomic E-state index is 12.3. The minimum absolute atomic E-state index is 0.142. The summed E-state index contributed by atoms with van der Waals surface area (Å²) in [4.78, 5) is 36.3. The molecule has 0 aliphatic rings. The first-order valence-corrected chi connectivity index (χ1v) is 14.1. The average molecular weight is 585 g/mol.